The lowest BCUT2D eigenvalue weighted by Gasteiger charge is -2.28. The van der Waals surface area contributed by atoms with Crippen molar-refractivity contribution in [2.45, 2.75) is 26.3 Å². The van der Waals surface area contributed by atoms with Crippen molar-refractivity contribution >= 4 is 5.91 Å². The number of nitrogens with zero attached hydrogens (tertiary/aromatic N) is 1. The van der Waals surface area contributed by atoms with Gasteiger partial charge in [-0.15, -0.1) is 0 Å². The second-order valence-electron chi connectivity index (χ2n) is 4.75. The van der Waals surface area contributed by atoms with E-state index in [0.717, 1.165) is 13.0 Å². The quantitative estimate of drug-likeness (QED) is 0.452. The maximum atomic E-state index is 11.5. The highest BCUT2D eigenvalue weighted by Gasteiger charge is 2.22. The van der Waals surface area contributed by atoms with Crippen LogP contribution in [0.1, 0.15) is 19.4 Å². The number of hydrogen-bond donors (Lipinski definition) is 2. The molecule has 4 heteroatoms. The molecule has 100 valence electrons. The Kier molecular flexibility index (Phi) is 5.82. The molecule has 0 aliphatic carbocycles. The van der Waals surface area contributed by atoms with Gasteiger partial charge in [-0.25, -0.2) is 5.84 Å². The number of nitrogens with two attached hydrogens (primary N) is 1. The Hall–Kier alpha value is -1.39. The van der Waals surface area contributed by atoms with Gasteiger partial charge in [-0.3, -0.25) is 10.2 Å². The van der Waals surface area contributed by atoms with E-state index in [-0.39, 0.29) is 17.9 Å². The lowest BCUT2D eigenvalue weighted by Crippen LogP contribution is -2.45. The van der Waals surface area contributed by atoms with Gasteiger partial charge in [-0.2, -0.15) is 0 Å². The van der Waals surface area contributed by atoms with Crippen molar-refractivity contribution in [1.29, 1.82) is 0 Å². The largest absolute Gasteiger partial charge is 0.303 e. The maximum absolute atomic E-state index is 11.5. The van der Waals surface area contributed by atoms with Crippen LogP contribution < -0.4 is 11.3 Å². The first-order valence-electron chi connectivity index (χ1n) is 6.31. The van der Waals surface area contributed by atoms with E-state index in [2.05, 4.69) is 22.5 Å². The van der Waals surface area contributed by atoms with Crippen molar-refractivity contribution < 1.29 is 4.79 Å². The molecule has 0 saturated heterocycles. The summed E-state index contributed by atoms with van der Waals surface area (Å²) in [6.07, 6.45) is 0.985. The third kappa shape index (κ3) is 4.13. The third-order valence-corrected chi connectivity index (χ3v) is 3.57. The second kappa shape index (κ2) is 7.13. The molecule has 0 bridgehead atoms. The average molecular weight is 249 g/mol. The SMILES string of the molecule is CC(C(=O)NN)C(C)N(C)CCc1ccccc1. The minimum atomic E-state index is -0.117. The summed E-state index contributed by atoms with van der Waals surface area (Å²) in [6, 6.07) is 10.5. The Morgan fingerprint density at radius 1 is 1.33 bits per heavy atom. The molecule has 4 nitrogen and oxygen atoms in total. The molecule has 2 atom stereocenters. The summed E-state index contributed by atoms with van der Waals surface area (Å²) in [5, 5.41) is 0. The lowest BCUT2D eigenvalue weighted by molar-refractivity contribution is -0.126. The highest BCUT2D eigenvalue weighted by atomic mass is 16.2. The van der Waals surface area contributed by atoms with Crippen LogP contribution in [0.25, 0.3) is 0 Å². The van der Waals surface area contributed by atoms with Gasteiger partial charge in [0.1, 0.15) is 0 Å². The highest BCUT2D eigenvalue weighted by Crippen LogP contribution is 2.10. The fourth-order valence-electron chi connectivity index (χ4n) is 1.89. The summed E-state index contributed by atoms with van der Waals surface area (Å²) in [5.74, 6) is 4.93. The number of hydrogen-bond acceptors (Lipinski definition) is 3. The van der Waals surface area contributed by atoms with Crippen LogP contribution in [0, 0.1) is 5.92 Å². The zero-order valence-electron chi connectivity index (χ0n) is 11.4. The maximum Gasteiger partial charge on any atom is 0.238 e. The molecule has 0 spiro atoms. The van der Waals surface area contributed by atoms with E-state index in [1.165, 1.54) is 5.56 Å². The van der Waals surface area contributed by atoms with Crippen molar-refractivity contribution in [3.63, 3.8) is 0 Å². The number of benzene rings is 1. The summed E-state index contributed by atoms with van der Waals surface area (Å²) in [4.78, 5) is 13.7. The molecule has 0 aliphatic heterocycles. The molecule has 1 aromatic carbocycles. The van der Waals surface area contributed by atoms with E-state index in [1.54, 1.807) is 0 Å². The van der Waals surface area contributed by atoms with Gasteiger partial charge in [0, 0.05) is 12.6 Å². The van der Waals surface area contributed by atoms with Crippen LogP contribution in [-0.4, -0.2) is 30.4 Å². The van der Waals surface area contributed by atoms with Gasteiger partial charge in [0.25, 0.3) is 0 Å². The summed E-state index contributed by atoms with van der Waals surface area (Å²) in [6.45, 7) is 4.87. The predicted molar refractivity (Wildman–Crippen MR) is 73.7 cm³/mol. The second-order valence-corrected chi connectivity index (χ2v) is 4.75. The summed E-state index contributed by atoms with van der Waals surface area (Å²) in [7, 11) is 2.04. The van der Waals surface area contributed by atoms with Crippen LogP contribution in [0.15, 0.2) is 30.3 Å². The zero-order valence-corrected chi connectivity index (χ0v) is 11.4. The predicted octanol–water partition coefficient (Wildman–Crippen LogP) is 1.18. The van der Waals surface area contributed by atoms with Gasteiger partial charge >= 0.3 is 0 Å². The smallest absolute Gasteiger partial charge is 0.238 e. The summed E-state index contributed by atoms with van der Waals surface area (Å²) >= 11 is 0. The van der Waals surface area contributed by atoms with Crippen molar-refractivity contribution in [3.05, 3.63) is 35.9 Å². The molecule has 2 unspecified atom stereocenters. The first-order valence-corrected chi connectivity index (χ1v) is 6.31. The van der Waals surface area contributed by atoms with E-state index >= 15 is 0 Å². The van der Waals surface area contributed by atoms with Gasteiger partial charge in [-0.05, 0) is 26.0 Å². The minimum absolute atomic E-state index is 0.115. The number of carbonyl (C=O) groups is 1. The van der Waals surface area contributed by atoms with E-state index in [9.17, 15) is 4.79 Å². The number of rotatable bonds is 6. The zero-order chi connectivity index (χ0) is 13.5. The van der Waals surface area contributed by atoms with Gasteiger partial charge < -0.3 is 4.90 Å². The molecule has 1 rings (SSSR count). The normalized spacial score (nSPS) is 14.3. The van der Waals surface area contributed by atoms with Crippen molar-refractivity contribution in [2.24, 2.45) is 11.8 Å². The van der Waals surface area contributed by atoms with E-state index in [1.807, 2.05) is 39.1 Å². The molecule has 1 aromatic rings. The first-order chi connectivity index (χ1) is 8.56. The Balaban J connectivity index is 2.45. The van der Waals surface area contributed by atoms with Gasteiger partial charge in [0.15, 0.2) is 0 Å². The summed E-state index contributed by atoms with van der Waals surface area (Å²) < 4.78 is 0. The lowest BCUT2D eigenvalue weighted by atomic mass is 10.0. The average Bonchev–Trinajstić information content (AvgIpc) is 2.43. The van der Waals surface area contributed by atoms with Crippen LogP contribution in [-0.2, 0) is 11.2 Å². The number of nitrogens with one attached hydrogen (secondary N) is 1. The van der Waals surface area contributed by atoms with E-state index in [0.29, 0.717) is 0 Å². The van der Waals surface area contributed by atoms with Crippen LogP contribution in [0.5, 0.6) is 0 Å². The molecule has 3 N–H and O–H groups in total. The number of hydrazine groups is 1. The monoisotopic (exact) mass is 249 g/mol. The molecule has 0 heterocycles. The topological polar surface area (TPSA) is 58.4 Å². The molecule has 0 saturated carbocycles. The van der Waals surface area contributed by atoms with Gasteiger partial charge in [0.05, 0.1) is 5.92 Å². The molecular weight excluding hydrogens is 226 g/mol. The molecule has 0 aromatic heterocycles. The minimum Gasteiger partial charge on any atom is -0.303 e. The fourth-order valence-corrected chi connectivity index (χ4v) is 1.89. The van der Waals surface area contributed by atoms with Crippen LogP contribution in [0.2, 0.25) is 0 Å². The number of likely N-dealkylation sites (N-methyl/N-ethyl adjacent to an activating group) is 1. The fraction of sp³-hybridized carbons (Fsp3) is 0.500. The highest BCUT2D eigenvalue weighted by molar-refractivity contribution is 5.78. The van der Waals surface area contributed by atoms with Gasteiger partial charge in [0.2, 0.25) is 5.91 Å². The number of carbonyl (C=O) groups excluding carboxylic acids is 1. The Bertz CT molecular complexity index is 367. The number of amides is 1. The molecule has 0 aliphatic rings. The van der Waals surface area contributed by atoms with Crippen molar-refractivity contribution in [3.8, 4) is 0 Å². The first kappa shape index (κ1) is 14.7. The molecule has 18 heavy (non-hydrogen) atoms. The van der Waals surface area contributed by atoms with Gasteiger partial charge in [-0.1, -0.05) is 37.3 Å². The van der Waals surface area contributed by atoms with Crippen LogP contribution >= 0.6 is 0 Å². The Morgan fingerprint density at radius 2 is 1.94 bits per heavy atom. The van der Waals surface area contributed by atoms with Crippen LogP contribution in [0.4, 0.5) is 0 Å². The standard InChI is InChI=1S/C14H23N3O/c1-11(14(18)16-15)12(2)17(3)10-9-13-7-5-4-6-8-13/h4-8,11-12H,9-10,15H2,1-3H3,(H,16,18). The Labute approximate surface area is 109 Å². The third-order valence-electron chi connectivity index (χ3n) is 3.57. The molecular formula is C14H23N3O. The van der Waals surface area contributed by atoms with E-state index < -0.39 is 0 Å². The summed E-state index contributed by atoms with van der Waals surface area (Å²) in [5.41, 5.74) is 3.52. The molecule has 0 radical (unpaired) electrons. The van der Waals surface area contributed by atoms with Crippen molar-refractivity contribution in [1.82, 2.24) is 10.3 Å². The Morgan fingerprint density at radius 3 is 2.50 bits per heavy atom. The van der Waals surface area contributed by atoms with Crippen LogP contribution in [0.3, 0.4) is 0 Å². The molecule has 1 amide bonds. The van der Waals surface area contributed by atoms with Crippen molar-refractivity contribution in [2.75, 3.05) is 13.6 Å². The van der Waals surface area contributed by atoms with E-state index in [4.69, 9.17) is 5.84 Å². The molecule has 0 fully saturated rings.